The van der Waals surface area contributed by atoms with Gasteiger partial charge in [-0.2, -0.15) is 0 Å². The Balaban J connectivity index is 1.43. The maximum atomic E-state index is 13.5. The molecule has 0 aromatic rings. The first-order valence-corrected chi connectivity index (χ1v) is 16.4. The molecule has 0 radical (unpaired) electrons. The number of ketones is 1. The third-order valence-corrected chi connectivity index (χ3v) is 12.6. The van der Waals surface area contributed by atoms with Crippen molar-refractivity contribution in [3.8, 4) is 0 Å². The predicted octanol–water partition coefficient (Wildman–Crippen LogP) is 0.563. The average molecular weight is 627 g/mol. The molecule has 4 aliphatic carbocycles. The second-order valence-electron chi connectivity index (χ2n) is 15.7. The predicted molar refractivity (Wildman–Crippen MR) is 158 cm³/mol. The summed E-state index contributed by atoms with van der Waals surface area (Å²) >= 11 is 0. The summed E-state index contributed by atoms with van der Waals surface area (Å²) < 4.78 is 12.0. The molecule has 11 heteroatoms. The Morgan fingerprint density at radius 1 is 1.02 bits per heavy atom. The monoisotopic (exact) mass is 626 g/mol. The van der Waals surface area contributed by atoms with Gasteiger partial charge in [0, 0.05) is 11.3 Å². The van der Waals surface area contributed by atoms with E-state index in [1.54, 1.807) is 19.9 Å². The summed E-state index contributed by atoms with van der Waals surface area (Å²) in [6.45, 7) is 8.92. The number of carbonyl (C=O) groups excluding carboxylic acids is 1. The van der Waals surface area contributed by atoms with Crippen LogP contribution in [0.15, 0.2) is 11.6 Å². The number of allylic oxidation sites excluding steroid dienone is 1. The lowest BCUT2D eigenvalue weighted by molar-refractivity contribution is -0.317. The molecule has 5 rings (SSSR count). The van der Waals surface area contributed by atoms with Gasteiger partial charge in [-0.05, 0) is 100 Å². The second kappa shape index (κ2) is 11.9. The number of hydrogen-bond donors (Lipinski definition) is 8. The zero-order chi connectivity index (χ0) is 32.6. The first kappa shape index (κ1) is 34.3. The minimum absolute atomic E-state index is 0.0783. The van der Waals surface area contributed by atoms with E-state index < -0.39 is 83.6 Å². The molecule has 0 bridgehead atoms. The van der Waals surface area contributed by atoms with Crippen LogP contribution in [0.1, 0.15) is 86.0 Å². The van der Waals surface area contributed by atoms with E-state index in [0.717, 1.165) is 12.0 Å². The van der Waals surface area contributed by atoms with Crippen molar-refractivity contribution in [3.05, 3.63) is 11.6 Å². The van der Waals surface area contributed by atoms with Crippen LogP contribution in [0.5, 0.6) is 0 Å². The highest BCUT2D eigenvalue weighted by Crippen LogP contribution is 2.68. The van der Waals surface area contributed by atoms with Gasteiger partial charge in [0.2, 0.25) is 0 Å². The Kier molecular flexibility index (Phi) is 9.30. The summed E-state index contributed by atoms with van der Waals surface area (Å²) in [5.74, 6) is -0.902. The highest BCUT2D eigenvalue weighted by atomic mass is 16.7. The largest absolute Gasteiger partial charge is 0.394 e. The summed E-state index contributed by atoms with van der Waals surface area (Å²) in [6.07, 6.45) is -4.17. The van der Waals surface area contributed by atoms with Gasteiger partial charge >= 0.3 is 0 Å². The third-order valence-electron chi connectivity index (χ3n) is 12.6. The summed E-state index contributed by atoms with van der Waals surface area (Å²) in [4.78, 5) is 13.5. The lowest BCUT2D eigenvalue weighted by Gasteiger charge is -2.60. The molecule has 1 saturated heterocycles. The van der Waals surface area contributed by atoms with Gasteiger partial charge < -0.3 is 50.3 Å². The van der Waals surface area contributed by atoms with Crippen LogP contribution in [0, 0.1) is 34.5 Å². The summed E-state index contributed by atoms with van der Waals surface area (Å²) in [7, 11) is 0. The molecule has 44 heavy (non-hydrogen) atoms. The number of fused-ring (bicyclic) bond motifs is 5. The molecular formula is C33H54O11. The first-order chi connectivity index (χ1) is 20.4. The number of aliphatic hydroxyl groups is 8. The minimum atomic E-state index is -1.58. The zero-order valence-electron chi connectivity index (χ0n) is 26.7. The molecule has 1 aliphatic heterocycles. The van der Waals surface area contributed by atoms with Crippen molar-refractivity contribution in [3.63, 3.8) is 0 Å². The van der Waals surface area contributed by atoms with Crippen LogP contribution in [-0.4, -0.2) is 113 Å². The van der Waals surface area contributed by atoms with Crippen molar-refractivity contribution >= 4 is 5.78 Å². The molecule has 3 saturated carbocycles. The molecule has 252 valence electrons. The van der Waals surface area contributed by atoms with Gasteiger partial charge in [0.1, 0.15) is 24.4 Å². The Bertz CT molecular complexity index is 1100. The maximum Gasteiger partial charge on any atom is 0.186 e. The van der Waals surface area contributed by atoms with Crippen molar-refractivity contribution in [1.82, 2.24) is 0 Å². The van der Waals surface area contributed by atoms with Crippen LogP contribution in [0.2, 0.25) is 0 Å². The SMILES string of the molecule is C[C@@H]([C@H]1CC[C@@]2(O)C3=CC(=O)C4C[C@@H](O)[C@@H](O)C[C@]4(C)C3CC[C@]12C)[C@@H](CCC(C)(C)O)OC1O[C@@H](CO)[C@H](O)[C@@H](O)[C@@H]1O. The van der Waals surface area contributed by atoms with Crippen LogP contribution >= 0.6 is 0 Å². The lowest BCUT2D eigenvalue weighted by Crippen LogP contribution is -2.61. The van der Waals surface area contributed by atoms with Gasteiger partial charge in [-0.15, -0.1) is 0 Å². The van der Waals surface area contributed by atoms with Crippen LogP contribution in [0.25, 0.3) is 0 Å². The van der Waals surface area contributed by atoms with Crippen LogP contribution < -0.4 is 0 Å². The summed E-state index contributed by atoms with van der Waals surface area (Å²) in [5.41, 5.74) is -2.73. The van der Waals surface area contributed by atoms with E-state index >= 15 is 0 Å². The van der Waals surface area contributed by atoms with Gasteiger partial charge in [-0.1, -0.05) is 20.8 Å². The fraction of sp³-hybridized carbons (Fsp3) is 0.909. The highest BCUT2D eigenvalue weighted by Gasteiger charge is 2.67. The Morgan fingerprint density at radius 3 is 2.34 bits per heavy atom. The number of hydrogen-bond acceptors (Lipinski definition) is 11. The highest BCUT2D eigenvalue weighted by molar-refractivity contribution is 5.95. The molecule has 0 aromatic carbocycles. The molecule has 5 aliphatic rings. The van der Waals surface area contributed by atoms with Crippen molar-refractivity contribution < 1.29 is 55.1 Å². The van der Waals surface area contributed by atoms with Gasteiger partial charge in [0.05, 0.1) is 36.1 Å². The third kappa shape index (κ3) is 5.52. The fourth-order valence-corrected chi connectivity index (χ4v) is 9.82. The maximum absolute atomic E-state index is 13.5. The van der Waals surface area contributed by atoms with Gasteiger partial charge in [-0.25, -0.2) is 0 Å². The van der Waals surface area contributed by atoms with E-state index in [4.69, 9.17) is 9.47 Å². The molecule has 1 heterocycles. The van der Waals surface area contributed by atoms with Gasteiger partial charge in [0.25, 0.3) is 0 Å². The Hall–Kier alpha value is -0.990. The molecule has 11 nitrogen and oxygen atoms in total. The second-order valence-corrected chi connectivity index (χ2v) is 15.7. The molecule has 0 amide bonds. The summed E-state index contributed by atoms with van der Waals surface area (Å²) in [5, 5.41) is 85.2. The van der Waals surface area contributed by atoms with Crippen molar-refractivity contribution in [2.75, 3.05) is 6.61 Å². The van der Waals surface area contributed by atoms with Crippen LogP contribution in [-0.2, 0) is 14.3 Å². The molecule has 0 spiro atoms. The Labute approximate surface area is 259 Å². The lowest BCUT2D eigenvalue weighted by atomic mass is 9.46. The smallest absolute Gasteiger partial charge is 0.186 e. The molecular weight excluding hydrogens is 572 g/mol. The quantitative estimate of drug-likeness (QED) is 0.187. The molecule has 8 N–H and O–H groups in total. The summed E-state index contributed by atoms with van der Waals surface area (Å²) in [6, 6.07) is 0. The molecule has 3 unspecified atom stereocenters. The minimum Gasteiger partial charge on any atom is -0.394 e. The van der Waals surface area contributed by atoms with E-state index in [1.165, 1.54) is 0 Å². The molecule has 0 aromatic heterocycles. The normalized spacial score (nSPS) is 49.0. The van der Waals surface area contributed by atoms with E-state index in [9.17, 15) is 45.6 Å². The topological polar surface area (TPSA) is 197 Å². The average Bonchev–Trinajstić information content (AvgIpc) is 3.23. The Morgan fingerprint density at radius 2 is 1.70 bits per heavy atom. The van der Waals surface area contributed by atoms with Crippen molar-refractivity contribution in [1.29, 1.82) is 0 Å². The van der Waals surface area contributed by atoms with E-state index in [-0.39, 0.29) is 30.0 Å². The van der Waals surface area contributed by atoms with E-state index in [1.807, 2.05) is 13.8 Å². The fourth-order valence-electron chi connectivity index (χ4n) is 9.82. The number of carbonyl (C=O) groups is 1. The first-order valence-electron chi connectivity index (χ1n) is 16.4. The number of ether oxygens (including phenoxy) is 2. The van der Waals surface area contributed by atoms with E-state index in [2.05, 4.69) is 6.92 Å². The number of aliphatic hydroxyl groups excluding tert-OH is 6. The van der Waals surface area contributed by atoms with Crippen molar-refractivity contribution in [2.45, 2.75) is 146 Å². The standard InChI is InChI=1S/C33H54O11/c1-16(24(8-9-30(2,3)41)43-29-28(40)27(39)26(38)25(15-34)44-29)17-7-11-33(42)19-12-21(35)20-13-22(36)23(37)14-31(20,4)18(19)6-10-32(17,33)5/h12,16-18,20,22-29,34,36-42H,6-11,13-15H2,1-5H3/t16-,17+,18?,20?,22+,23-,24+,25-,26-,27+,28-,29?,31+,32+,33+/m0/s1. The van der Waals surface area contributed by atoms with Crippen molar-refractivity contribution in [2.24, 2.45) is 34.5 Å². The van der Waals surface area contributed by atoms with Crippen LogP contribution in [0.3, 0.4) is 0 Å². The molecule has 15 atom stereocenters. The van der Waals surface area contributed by atoms with E-state index in [0.29, 0.717) is 38.5 Å². The molecule has 4 fully saturated rings. The number of rotatable bonds is 8. The zero-order valence-corrected chi connectivity index (χ0v) is 26.7. The van der Waals surface area contributed by atoms with Crippen LogP contribution in [0.4, 0.5) is 0 Å². The van der Waals surface area contributed by atoms with Gasteiger partial charge in [-0.3, -0.25) is 4.79 Å². The van der Waals surface area contributed by atoms with Gasteiger partial charge in [0.15, 0.2) is 12.1 Å².